The minimum atomic E-state index is 0.542. The van der Waals surface area contributed by atoms with Crippen LogP contribution in [0, 0.1) is 5.92 Å². The quantitative estimate of drug-likeness (QED) is 0.904. The van der Waals surface area contributed by atoms with Crippen LogP contribution in [0.25, 0.3) is 16.5 Å². The SMILES string of the molecule is C[C@@H]1CC[C@@H](Nc2cc(N)nc3cc(C4=CC=NC4)ccc23)C1. The standard InChI is InChI=1S/C19H22N4/c1-12-2-4-15(8-12)22-18-10-19(20)23-17-9-13(3-5-16(17)18)14-6-7-21-11-14/h3,5-7,9-10,12,15H,2,4,8,11H2,1H3,(H3,20,22,23)/t12-,15-/m1/s1. The maximum absolute atomic E-state index is 6.04. The molecule has 1 aromatic heterocycles. The molecule has 0 bridgehead atoms. The molecule has 1 aliphatic heterocycles. The van der Waals surface area contributed by atoms with Gasteiger partial charge in [-0.05, 0) is 48.5 Å². The van der Waals surface area contributed by atoms with Crippen LogP contribution in [-0.4, -0.2) is 23.8 Å². The molecule has 1 aromatic carbocycles. The number of nitrogens with one attached hydrogen (secondary N) is 1. The molecule has 0 unspecified atom stereocenters. The zero-order chi connectivity index (χ0) is 15.8. The molecule has 2 aromatic rings. The number of nitrogens with two attached hydrogens (primary N) is 1. The van der Waals surface area contributed by atoms with E-state index < -0.39 is 0 Å². The summed E-state index contributed by atoms with van der Waals surface area (Å²) in [6.07, 6.45) is 7.68. The summed E-state index contributed by atoms with van der Waals surface area (Å²) in [6, 6.07) is 8.93. The number of hydrogen-bond acceptors (Lipinski definition) is 4. The van der Waals surface area contributed by atoms with Gasteiger partial charge in [0, 0.05) is 29.4 Å². The molecule has 1 saturated carbocycles. The summed E-state index contributed by atoms with van der Waals surface area (Å²) in [5.41, 5.74) is 10.5. The van der Waals surface area contributed by atoms with Gasteiger partial charge < -0.3 is 11.1 Å². The number of benzene rings is 1. The Bertz CT molecular complexity index is 806. The van der Waals surface area contributed by atoms with Gasteiger partial charge in [0.05, 0.1) is 12.1 Å². The highest BCUT2D eigenvalue weighted by atomic mass is 14.9. The van der Waals surface area contributed by atoms with Crippen molar-refractivity contribution in [2.45, 2.75) is 32.2 Å². The highest BCUT2D eigenvalue weighted by molar-refractivity contribution is 5.97. The number of aromatic nitrogens is 1. The zero-order valence-corrected chi connectivity index (χ0v) is 13.4. The Hall–Kier alpha value is -2.36. The Labute approximate surface area is 136 Å². The van der Waals surface area contributed by atoms with Crippen molar-refractivity contribution < 1.29 is 0 Å². The Balaban J connectivity index is 1.70. The van der Waals surface area contributed by atoms with Gasteiger partial charge in [-0.1, -0.05) is 19.1 Å². The lowest BCUT2D eigenvalue weighted by atomic mass is 10.0. The topological polar surface area (TPSA) is 63.3 Å². The Morgan fingerprint density at radius 3 is 2.87 bits per heavy atom. The van der Waals surface area contributed by atoms with Crippen LogP contribution in [0.2, 0.25) is 0 Å². The second-order valence-corrected chi connectivity index (χ2v) is 6.77. The van der Waals surface area contributed by atoms with Gasteiger partial charge in [0.25, 0.3) is 0 Å². The summed E-state index contributed by atoms with van der Waals surface area (Å²) in [4.78, 5) is 8.78. The molecule has 3 N–H and O–H groups in total. The Kier molecular flexibility index (Phi) is 3.52. The molecule has 23 heavy (non-hydrogen) atoms. The lowest BCUT2D eigenvalue weighted by Crippen LogP contribution is -2.16. The molecule has 2 atom stereocenters. The van der Waals surface area contributed by atoms with Crippen molar-refractivity contribution in [1.29, 1.82) is 0 Å². The summed E-state index contributed by atoms with van der Waals surface area (Å²) in [6.45, 7) is 3.07. The average Bonchev–Trinajstić information content (AvgIpc) is 3.18. The van der Waals surface area contributed by atoms with Crippen LogP contribution in [0.15, 0.2) is 35.3 Å². The first kappa shape index (κ1) is 14.2. The van der Waals surface area contributed by atoms with Gasteiger partial charge in [-0.3, -0.25) is 4.99 Å². The maximum Gasteiger partial charge on any atom is 0.126 e. The lowest BCUT2D eigenvalue weighted by molar-refractivity contribution is 0.603. The molecule has 118 valence electrons. The number of fused-ring (bicyclic) bond motifs is 1. The van der Waals surface area contributed by atoms with Crippen molar-refractivity contribution in [3.63, 3.8) is 0 Å². The van der Waals surface area contributed by atoms with Crippen molar-refractivity contribution >= 4 is 34.2 Å². The number of allylic oxidation sites excluding steroid dienone is 1. The predicted molar refractivity (Wildman–Crippen MR) is 97.9 cm³/mol. The summed E-state index contributed by atoms with van der Waals surface area (Å²) >= 11 is 0. The molecule has 2 heterocycles. The van der Waals surface area contributed by atoms with Crippen LogP contribution in [-0.2, 0) is 0 Å². The van der Waals surface area contributed by atoms with Crippen molar-refractivity contribution in [2.24, 2.45) is 10.9 Å². The number of hydrogen-bond donors (Lipinski definition) is 2. The normalized spacial score (nSPS) is 23.4. The van der Waals surface area contributed by atoms with E-state index in [9.17, 15) is 0 Å². The summed E-state index contributed by atoms with van der Waals surface area (Å²) in [7, 11) is 0. The largest absolute Gasteiger partial charge is 0.384 e. The fraction of sp³-hybridized carbons (Fsp3) is 0.368. The van der Waals surface area contributed by atoms with Crippen LogP contribution < -0.4 is 11.1 Å². The first-order chi connectivity index (χ1) is 11.2. The number of anilines is 2. The highest BCUT2D eigenvalue weighted by Crippen LogP contribution is 2.32. The van der Waals surface area contributed by atoms with E-state index in [0.717, 1.165) is 29.1 Å². The van der Waals surface area contributed by atoms with Gasteiger partial charge >= 0.3 is 0 Å². The Morgan fingerprint density at radius 1 is 1.22 bits per heavy atom. The van der Waals surface area contributed by atoms with E-state index in [2.05, 4.69) is 46.5 Å². The number of rotatable bonds is 3. The fourth-order valence-electron chi connectivity index (χ4n) is 3.66. The highest BCUT2D eigenvalue weighted by Gasteiger charge is 2.21. The molecular formula is C19H22N4. The third-order valence-corrected chi connectivity index (χ3v) is 4.90. The first-order valence-electron chi connectivity index (χ1n) is 8.35. The molecule has 4 nitrogen and oxygen atoms in total. The lowest BCUT2D eigenvalue weighted by Gasteiger charge is -2.17. The molecule has 0 amide bonds. The van der Waals surface area contributed by atoms with E-state index in [4.69, 9.17) is 5.73 Å². The molecule has 0 saturated heterocycles. The van der Waals surface area contributed by atoms with E-state index in [-0.39, 0.29) is 0 Å². The minimum absolute atomic E-state index is 0.542. The molecule has 2 aliphatic rings. The molecular weight excluding hydrogens is 284 g/mol. The van der Waals surface area contributed by atoms with Gasteiger partial charge in [0.15, 0.2) is 0 Å². The molecule has 1 aliphatic carbocycles. The van der Waals surface area contributed by atoms with E-state index in [1.54, 1.807) is 0 Å². The molecule has 1 fully saturated rings. The van der Waals surface area contributed by atoms with Crippen LogP contribution >= 0.6 is 0 Å². The van der Waals surface area contributed by atoms with Crippen molar-refractivity contribution in [3.05, 3.63) is 35.9 Å². The first-order valence-corrected chi connectivity index (χ1v) is 8.35. The second-order valence-electron chi connectivity index (χ2n) is 6.77. The smallest absolute Gasteiger partial charge is 0.126 e. The summed E-state index contributed by atoms with van der Waals surface area (Å²) < 4.78 is 0. The summed E-state index contributed by atoms with van der Waals surface area (Å²) in [5, 5.41) is 4.83. The molecule has 0 radical (unpaired) electrons. The zero-order valence-electron chi connectivity index (χ0n) is 13.4. The van der Waals surface area contributed by atoms with Gasteiger partial charge in [0.2, 0.25) is 0 Å². The van der Waals surface area contributed by atoms with E-state index in [0.29, 0.717) is 11.9 Å². The van der Waals surface area contributed by atoms with Gasteiger partial charge in [-0.25, -0.2) is 4.98 Å². The number of nitrogen functional groups attached to an aromatic ring is 1. The molecule has 4 heteroatoms. The van der Waals surface area contributed by atoms with Crippen molar-refractivity contribution in [1.82, 2.24) is 4.98 Å². The van der Waals surface area contributed by atoms with E-state index >= 15 is 0 Å². The van der Waals surface area contributed by atoms with Gasteiger partial charge in [-0.2, -0.15) is 0 Å². The number of aliphatic imine (C=N–C) groups is 1. The van der Waals surface area contributed by atoms with Crippen molar-refractivity contribution in [2.75, 3.05) is 17.6 Å². The van der Waals surface area contributed by atoms with Crippen LogP contribution in [0.5, 0.6) is 0 Å². The number of nitrogens with zero attached hydrogens (tertiary/aromatic N) is 2. The Morgan fingerprint density at radius 2 is 2.13 bits per heavy atom. The van der Waals surface area contributed by atoms with Crippen molar-refractivity contribution in [3.8, 4) is 0 Å². The molecule has 4 rings (SSSR count). The molecule has 0 spiro atoms. The fourth-order valence-corrected chi connectivity index (χ4v) is 3.66. The average molecular weight is 306 g/mol. The van der Waals surface area contributed by atoms with Gasteiger partial charge in [-0.15, -0.1) is 0 Å². The monoisotopic (exact) mass is 306 g/mol. The van der Waals surface area contributed by atoms with E-state index in [1.807, 2.05) is 12.3 Å². The number of pyridine rings is 1. The van der Waals surface area contributed by atoms with Crippen LogP contribution in [0.1, 0.15) is 31.7 Å². The maximum atomic E-state index is 6.04. The summed E-state index contributed by atoms with van der Waals surface area (Å²) in [5.74, 6) is 1.37. The van der Waals surface area contributed by atoms with Crippen LogP contribution in [0.4, 0.5) is 11.5 Å². The predicted octanol–water partition coefficient (Wildman–Crippen LogP) is 3.89. The van der Waals surface area contributed by atoms with E-state index in [1.165, 1.54) is 30.4 Å². The third-order valence-electron chi connectivity index (χ3n) is 4.90. The third kappa shape index (κ3) is 2.81. The van der Waals surface area contributed by atoms with Gasteiger partial charge in [0.1, 0.15) is 5.82 Å². The van der Waals surface area contributed by atoms with Crippen LogP contribution in [0.3, 0.4) is 0 Å². The second kappa shape index (κ2) is 5.69. The minimum Gasteiger partial charge on any atom is -0.384 e.